The highest BCUT2D eigenvalue weighted by Gasteiger charge is 2.25. The molecule has 0 fully saturated rings. The first-order chi connectivity index (χ1) is 12.6. The van der Waals surface area contributed by atoms with Crippen LogP contribution in [-0.2, 0) is 25.6 Å². The third-order valence-electron chi connectivity index (χ3n) is 3.75. The van der Waals surface area contributed by atoms with Crippen LogP contribution in [0.15, 0.2) is 24.3 Å². The van der Waals surface area contributed by atoms with E-state index in [-0.39, 0.29) is 25.0 Å². The molecule has 0 heterocycles. The smallest absolute Gasteiger partial charge is 0.326 e. The molecule has 0 spiro atoms. The predicted molar refractivity (Wildman–Crippen MR) is 93.8 cm³/mol. The standard InChI is InChI=1S/C17H23N3O7/c1-9(19-16(25)12(18)6-7-14(22)23)15(24)20-13(17(26)27)8-10-2-4-11(21)5-3-10/h2-5,9,12-13,21H,6-8,18H2,1H3,(H,19,25)(H,20,24)(H,22,23)(H,26,27)/t9-,12+,13-/m0/s1. The molecule has 1 rings (SSSR count). The summed E-state index contributed by atoms with van der Waals surface area (Å²) in [4.78, 5) is 45.9. The molecular weight excluding hydrogens is 358 g/mol. The van der Waals surface area contributed by atoms with Crippen LogP contribution in [0.25, 0.3) is 0 Å². The number of phenols is 1. The highest BCUT2D eigenvalue weighted by Crippen LogP contribution is 2.11. The molecule has 27 heavy (non-hydrogen) atoms. The first-order valence-electron chi connectivity index (χ1n) is 8.19. The van der Waals surface area contributed by atoms with Gasteiger partial charge in [-0.15, -0.1) is 0 Å². The van der Waals surface area contributed by atoms with Gasteiger partial charge in [0.15, 0.2) is 0 Å². The zero-order valence-corrected chi connectivity index (χ0v) is 14.7. The van der Waals surface area contributed by atoms with Gasteiger partial charge >= 0.3 is 11.9 Å². The fourth-order valence-electron chi connectivity index (χ4n) is 2.16. The van der Waals surface area contributed by atoms with Crippen molar-refractivity contribution in [3.8, 4) is 5.75 Å². The van der Waals surface area contributed by atoms with E-state index in [1.807, 2.05) is 0 Å². The number of carbonyl (C=O) groups excluding carboxylic acids is 2. The van der Waals surface area contributed by atoms with Crippen LogP contribution in [0.3, 0.4) is 0 Å². The average Bonchev–Trinajstić information content (AvgIpc) is 2.60. The van der Waals surface area contributed by atoms with Gasteiger partial charge in [-0.1, -0.05) is 12.1 Å². The zero-order valence-electron chi connectivity index (χ0n) is 14.7. The lowest BCUT2D eigenvalue weighted by Gasteiger charge is -2.20. The monoisotopic (exact) mass is 381 g/mol. The highest BCUT2D eigenvalue weighted by molar-refractivity contribution is 5.91. The number of nitrogens with one attached hydrogen (secondary N) is 2. The average molecular weight is 381 g/mol. The van der Waals surface area contributed by atoms with Gasteiger partial charge in [-0.05, 0) is 31.0 Å². The maximum Gasteiger partial charge on any atom is 0.326 e. The molecule has 148 valence electrons. The van der Waals surface area contributed by atoms with Crippen LogP contribution >= 0.6 is 0 Å². The maximum absolute atomic E-state index is 12.2. The van der Waals surface area contributed by atoms with Gasteiger partial charge in [0.05, 0.1) is 6.04 Å². The second-order valence-corrected chi connectivity index (χ2v) is 6.04. The number of benzene rings is 1. The number of amides is 2. The number of carboxylic acid groups (broad SMARTS) is 2. The summed E-state index contributed by atoms with van der Waals surface area (Å²) in [6, 6.07) is 2.48. The van der Waals surface area contributed by atoms with E-state index in [1.54, 1.807) is 0 Å². The summed E-state index contributed by atoms with van der Waals surface area (Å²) in [5, 5.41) is 31.8. The van der Waals surface area contributed by atoms with Crippen LogP contribution in [0.2, 0.25) is 0 Å². The molecule has 2 amide bonds. The molecule has 0 saturated heterocycles. The third-order valence-corrected chi connectivity index (χ3v) is 3.75. The lowest BCUT2D eigenvalue weighted by Crippen LogP contribution is -2.53. The van der Waals surface area contributed by atoms with Crippen LogP contribution < -0.4 is 16.4 Å². The minimum absolute atomic E-state index is 0.0137. The first-order valence-corrected chi connectivity index (χ1v) is 8.19. The molecule has 0 aromatic heterocycles. The number of aliphatic carboxylic acids is 2. The molecule has 0 aliphatic rings. The molecule has 0 saturated carbocycles. The van der Waals surface area contributed by atoms with Crippen molar-refractivity contribution in [1.29, 1.82) is 0 Å². The molecule has 0 bridgehead atoms. The van der Waals surface area contributed by atoms with Gasteiger partial charge in [0.2, 0.25) is 11.8 Å². The second kappa shape index (κ2) is 10.1. The Morgan fingerprint density at radius 2 is 1.63 bits per heavy atom. The largest absolute Gasteiger partial charge is 0.508 e. The van der Waals surface area contributed by atoms with E-state index in [9.17, 15) is 29.4 Å². The molecular formula is C17H23N3O7. The number of rotatable bonds is 10. The van der Waals surface area contributed by atoms with Crippen LogP contribution in [0.4, 0.5) is 0 Å². The fraction of sp³-hybridized carbons (Fsp3) is 0.412. The number of nitrogens with two attached hydrogens (primary N) is 1. The zero-order chi connectivity index (χ0) is 20.6. The highest BCUT2D eigenvalue weighted by atomic mass is 16.4. The van der Waals surface area contributed by atoms with Crippen LogP contribution in [-0.4, -0.2) is 57.2 Å². The third kappa shape index (κ3) is 7.74. The molecule has 1 aromatic rings. The number of carboxylic acids is 2. The van der Waals surface area contributed by atoms with E-state index in [2.05, 4.69) is 10.6 Å². The van der Waals surface area contributed by atoms with Gasteiger partial charge in [-0.3, -0.25) is 14.4 Å². The van der Waals surface area contributed by atoms with E-state index < -0.39 is 41.9 Å². The number of hydrogen-bond donors (Lipinski definition) is 6. The van der Waals surface area contributed by atoms with Crippen LogP contribution in [0.1, 0.15) is 25.3 Å². The maximum atomic E-state index is 12.2. The van der Waals surface area contributed by atoms with Crippen molar-refractivity contribution in [2.75, 3.05) is 0 Å². The molecule has 0 unspecified atom stereocenters. The van der Waals surface area contributed by atoms with E-state index in [0.29, 0.717) is 5.56 Å². The quantitative estimate of drug-likeness (QED) is 0.305. The van der Waals surface area contributed by atoms with Crippen LogP contribution in [0, 0.1) is 0 Å². The Balaban J connectivity index is 2.61. The van der Waals surface area contributed by atoms with Crippen molar-refractivity contribution in [2.45, 2.75) is 44.3 Å². The van der Waals surface area contributed by atoms with Gasteiger partial charge in [0, 0.05) is 12.8 Å². The summed E-state index contributed by atoms with van der Waals surface area (Å²) in [6.45, 7) is 1.36. The Bertz CT molecular complexity index is 690. The molecule has 3 atom stereocenters. The number of hydrogen-bond acceptors (Lipinski definition) is 6. The van der Waals surface area contributed by atoms with Crippen molar-refractivity contribution in [3.63, 3.8) is 0 Å². The van der Waals surface area contributed by atoms with E-state index >= 15 is 0 Å². The van der Waals surface area contributed by atoms with E-state index in [0.717, 1.165) is 0 Å². The molecule has 0 radical (unpaired) electrons. The Morgan fingerprint density at radius 1 is 1.04 bits per heavy atom. The summed E-state index contributed by atoms with van der Waals surface area (Å²) in [7, 11) is 0. The normalized spacial score (nSPS) is 13.9. The summed E-state index contributed by atoms with van der Waals surface area (Å²) < 4.78 is 0. The van der Waals surface area contributed by atoms with Crippen molar-refractivity contribution in [1.82, 2.24) is 10.6 Å². The van der Waals surface area contributed by atoms with Gasteiger partial charge in [-0.2, -0.15) is 0 Å². The fourth-order valence-corrected chi connectivity index (χ4v) is 2.16. The van der Waals surface area contributed by atoms with Gasteiger partial charge in [0.1, 0.15) is 17.8 Å². The summed E-state index contributed by atoms with van der Waals surface area (Å²) in [6.07, 6.45) is -0.392. The summed E-state index contributed by atoms with van der Waals surface area (Å²) >= 11 is 0. The predicted octanol–water partition coefficient (Wildman–Crippen LogP) is -0.799. The Hall–Kier alpha value is -3.14. The van der Waals surface area contributed by atoms with Crippen molar-refractivity contribution >= 4 is 23.8 Å². The van der Waals surface area contributed by atoms with Crippen molar-refractivity contribution in [3.05, 3.63) is 29.8 Å². The van der Waals surface area contributed by atoms with Crippen LogP contribution in [0.5, 0.6) is 5.75 Å². The Kier molecular flexibility index (Phi) is 8.21. The number of phenolic OH excluding ortho intramolecular Hbond substituents is 1. The number of carbonyl (C=O) groups is 4. The minimum atomic E-state index is -1.26. The molecule has 10 nitrogen and oxygen atoms in total. The molecule has 10 heteroatoms. The Labute approximate surface area is 155 Å². The van der Waals surface area contributed by atoms with Crippen molar-refractivity contribution < 1.29 is 34.5 Å². The molecule has 0 aliphatic heterocycles. The molecule has 0 aliphatic carbocycles. The molecule has 1 aromatic carbocycles. The Morgan fingerprint density at radius 3 is 2.15 bits per heavy atom. The van der Waals surface area contributed by atoms with Gasteiger partial charge in [-0.25, -0.2) is 4.79 Å². The lowest BCUT2D eigenvalue weighted by molar-refractivity contribution is -0.142. The SMILES string of the molecule is C[C@H](NC(=O)[C@H](N)CCC(=O)O)C(=O)N[C@@H](Cc1ccc(O)cc1)C(=O)O. The van der Waals surface area contributed by atoms with Gasteiger partial charge in [0.25, 0.3) is 0 Å². The summed E-state index contributed by atoms with van der Waals surface area (Å²) in [5.41, 5.74) is 6.15. The molecule has 7 N–H and O–H groups in total. The second-order valence-electron chi connectivity index (χ2n) is 6.04. The topological polar surface area (TPSA) is 179 Å². The van der Waals surface area contributed by atoms with Crippen molar-refractivity contribution in [2.24, 2.45) is 5.73 Å². The van der Waals surface area contributed by atoms with E-state index in [4.69, 9.17) is 10.8 Å². The lowest BCUT2D eigenvalue weighted by atomic mass is 10.1. The minimum Gasteiger partial charge on any atom is -0.508 e. The first kappa shape index (κ1) is 21.9. The summed E-state index contributed by atoms with van der Waals surface area (Å²) in [5.74, 6) is -3.75. The van der Waals surface area contributed by atoms with E-state index in [1.165, 1.54) is 31.2 Å². The number of aromatic hydroxyl groups is 1. The van der Waals surface area contributed by atoms with Gasteiger partial charge < -0.3 is 31.7 Å².